The molecule has 0 amide bonds. The standard InChI is InChI=1S/C24H24ClN3O3S/c1-24(2,29)23(26)14-22(28-20-10-5-4-9-19(20)25)21-12-11-17(15-27-21)16-7-6-8-18(13-16)32(3,30)31/h4-13,15,26,29H,14H2,1-3H3. The summed E-state index contributed by atoms with van der Waals surface area (Å²) in [5, 5.41) is 18.9. The van der Waals surface area contributed by atoms with Crippen molar-refractivity contribution in [3.63, 3.8) is 0 Å². The lowest BCUT2D eigenvalue weighted by atomic mass is 9.96. The summed E-state index contributed by atoms with van der Waals surface area (Å²) in [6.45, 7) is 3.10. The van der Waals surface area contributed by atoms with Crippen molar-refractivity contribution in [2.24, 2.45) is 4.99 Å². The minimum absolute atomic E-state index is 0.0879. The minimum Gasteiger partial charge on any atom is -0.385 e. The third-order valence-electron chi connectivity index (χ3n) is 4.85. The summed E-state index contributed by atoms with van der Waals surface area (Å²) in [5.41, 5.74) is 1.82. The molecule has 0 aliphatic rings. The largest absolute Gasteiger partial charge is 0.385 e. The van der Waals surface area contributed by atoms with E-state index in [0.29, 0.717) is 22.1 Å². The van der Waals surface area contributed by atoms with Crippen molar-refractivity contribution in [3.8, 4) is 11.1 Å². The van der Waals surface area contributed by atoms with E-state index in [4.69, 9.17) is 17.0 Å². The number of hydrogen-bond donors (Lipinski definition) is 2. The Hall–Kier alpha value is -2.87. The number of para-hydroxylation sites is 1. The molecule has 0 unspecified atom stereocenters. The molecule has 8 heteroatoms. The van der Waals surface area contributed by atoms with Gasteiger partial charge in [-0.1, -0.05) is 41.9 Å². The first kappa shape index (κ1) is 23.8. The molecule has 0 aliphatic carbocycles. The first-order chi connectivity index (χ1) is 14.9. The maximum absolute atomic E-state index is 11.9. The minimum atomic E-state index is -3.32. The van der Waals surface area contributed by atoms with Crippen molar-refractivity contribution in [1.29, 1.82) is 5.41 Å². The summed E-state index contributed by atoms with van der Waals surface area (Å²) in [6, 6.07) is 17.3. The number of sulfone groups is 1. The van der Waals surface area contributed by atoms with Gasteiger partial charge in [0.25, 0.3) is 0 Å². The summed E-state index contributed by atoms with van der Waals surface area (Å²) in [6.07, 6.45) is 2.89. The van der Waals surface area contributed by atoms with Gasteiger partial charge in [-0.25, -0.2) is 13.4 Å². The van der Waals surface area contributed by atoms with Crippen LogP contribution in [0.15, 0.2) is 76.7 Å². The molecule has 3 aromatic rings. The Bertz CT molecular complexity index is 1280. The number of aliphatic hydroxyl groups is 1. The van der Waals surface area contributed by atoms with Crippen LogP contribution in [0.2, 0.25) is 5.02 Å². The fourth-order valence-electron chi connectivity index (χ4n) is 2.90. The monoisotopic (exact) mass is 469 g/mol. The predicted molar refractivity (Wildman–Crippen MR) is 129 cm³/mol. The zero-order valence-corrected chi connectivity index (χ0v) is 19.6. The number of benzene rings is 2. The molecule has 2 aromatic carbocycles. The van der Waals surface area contributed by atoms with Crippen LogP contribution in [0.5, 0.6) is 0 Å². The average Bonchev–Trinajstić information content (AvgIpc) is 2.73. The molecule has 1 heterocycles. The highest BCUT2D eigenvalue weighted by atomic mass is 35.5. The van der Waals surface area contributed by atoms with Gasteiger partial charge in [0, 0.05) is 30.1 Å². The van der Waals surface area contributed by atoms with Gasteiger partial charge in [0.1, 0.15) is 0 Å². The van der Waals surface area contributed by atoms with E-state index in [9.17, 15) is 13.5 Å². The van der Waals surface area contributed by atoms with Crippen LogP contribution in [-0.2, 0) is 9.84 Å². The van der Waals surface area contributed by atoms with E-state index < -0.39 is 15.4 Å². The lowest BCUT2D eigenvalue weighted by Crippen LogP contribution is -2.32. The van der Waals surface area contributed by atoms with Gasteiger partial charge < -0.3 is 10.5 Å². The Balaban J connectivity index is 2.01. The third kappa shape index (κ3) is 5.88. The van der Waals surface area contributed by atoms with Gasteiger partial charge in [-0.15, -0.1) is 0 Å². The van der Waals surface area contributed by atoms with E-state index in [1.807, 2.05) is 18.2 Å². The fourth-order valence-corrected chi connectivity index (χ4v) is 3.75. The van der Waals surface area contributed by atoms with Gasteiger partial charge in [0.05, 0.1) is 32.6 Å². The van der Waals surface area contributed by atoms with Gasteiger partial charge in [0.2, 0.25) is 0 Å². The zero-order chi connectivity index (χ0) is 23.5. The van der Waals surface area contributed by atoms with Crippen LogP contribution in [-0.4, -0.2) is 41.8 Å². The van der Waals surface area contributed by atoms with Crippen molar-refractivity contribution in [3.05, 3.63) is 77.6 Å². The Morgan fingerprint density at radius 2 is 1.81 bits per heavy atom. The molecular weight excluding hydrogens is 446 g/mol. The maximum Gasteiger partial charge on any atom is 0.175 e. The van der Waals surface area contributed by atoms with Gasteiger partial charge in [-0.3, -0.25) is 4.98 Å². The van der Waals surface area contributed by atoms with E-state index in [-0.39, 0.29) is 17.0 Å². The van der Waals surface area contributed by atoms with Crippen molar-refractivity contribution in [2.75, 3.05) is 6.26 Å². The van der Waals surface area contributed by atoms with E-state index in [1.165, 1.54) is 6.26 Å². The second-order valence-corrected chi connectivity index (χ2v) is 10.4. The van der Waals surface area contributed by atoms with Gasteiger partial charge in [-0.2, -0.15) is 0 Å². The van der Waals surface area contributed by atoms with Crippen LogP contribution in [0.1, 0.15) is 26.0 Å². The van der Waals surface area contributed by atoms with Crippen molar-refractivity contribution < 1.29 is 13.5 Å². The quantitative estimate of drug-likeness (QED) is 0.469. The highest BCUT2D eigenvalue weighted by molar-refractivity contribution is 7.90. The number of pyridine rings is 1. The van der Waals surface area contributed by atoms with Crippen molar-refractivity contribution >= 4 is 38.5 Å². The lowest BCUT2D eigenvalue weighted by molar-refractivity contribution is 0.151. The average molecular weight is 470 g/mol. The predicted octanol–water partition coefficient (Wildman–Crippen LogP) is 5.11. The normalized spacial score (nSPS) is 12.6. The van der Waals surface area contributed by atoms with Crippen LogP contribution in [0.4, 0.5) is 5.69 Å². The fraction of sp³-hybridized carbons (Fsp3) is 0.208. The Labute approximate surface area is 193 Å². The van der Waals surface area contributed by atoms with E-state index in [0.717, 1.165) is 11.1 Å². The molecule has 2 N–H and O–H groups in total. The SMILES string of the molecule is CC(C)(O)C(=N)CC(=Nc1ccccc1Cl)c1ccc(-c2cccc(S(C)(=O)=O)c2)cn1. The molecular formula is C24H24ClN3O3S. The molecule has 6 nitrogen and oxygen atoms in total. The lowest BCUT2D eigenvalue weighted by Gasteiger charge is -2.19. The maximum atomic E-state index is 11.9. The molecule has 0 atom stereocenters. The summed E-state index contributed by atoms with van der Waals surface area (Å²) >= 11 is 6.26. The van der Waals surface area contributed by atoms with Gasteiger partial charge in [0.15, 0.2) is 9.84 Å². The molecule has 32 heavy (non-hydrogen) atoms. The summed E-state index contributed by atoms with van der Waals surface area (Å²) in [5.74, 6) is 0. The summed E-state index contributed by atoms with van der Waals surface area (Å²) < 4.78 is 23.7. The summed E-state index contributed by atoms with van der Waals surface area (Å²) in [7, 11) is -3.32. The molecule has 0 bridgehead atoms. The van der Waals surface area contributed by atoms with Crippen LogP contribution in [0, 0.1) is 5.41 Å². The number of hydrogen-bond acceptors (Lipinski definition) is 6. The third-order valence-corrected chi connectivity index (χ3v) is 6.28. The number of nitrogens with zero attached hydrogens (tertiary/aromatic N) is 2. The molecule has 0 saturated heterocycles. The molecule has 3 rings (SSSR count). The molecule has 0 saturated carbocycles. The second-order valence-electron chi connectivity index (χ2n) is 7.96. The number of aromatic nitrogens is 1. The van der Waals surface area contributed by atoms with Crippen LogP contribution in [0.3, 0.4) is 0 Å². The molecule has 0 aliphatic heterocycles. The number of rotatable bonds is 7. The Kier molecular flexibility index (Phi) is 6.93. The second kappa shape index (κ2) is 9.32. The van der Waals surface area contributed by atoms with E-state index in [2.05, 4.69) is 9.98 Å². The zero-order valence-electron chi connectivity index (χ0n) is 18.0. The van der Waals surface area contributed by atoms with Crippen LogP contribution >= 0.6 is 11.6 Å². The molecule has 0 spiro atoms. The molecule has 0 radical (unpaired) electrons. The van der Waals surface area contributed by atoms with Crippen molar-refractivity contribution in [1.82, 2.24) is 4.98 Å². The molecule has 0 fully saturated rings. The van der Waals surface area contributed by atoms with E-state index >= 15 is 0 Å². The van der Waals surface area contributed by atoms with Gasteiger partial charge >= 0.3 is 0 Å². The number of aliphatic imine (C=N–C) groups is 1. The van der Waals surface area contributed by atoms with Crippen molar-refractivity contribution in [2.45, 2.75) is 30.8 Å². The topological polar surface area (TPSA) is 103 Å². The highest BCUT2D eigenvalue weighted by Gasteiger charge is 2.22. The first-order valence-corrected chi connectivity index (χ1v) is 12.1. The Morgan fingerprint density at radius 3 is 2.41 bits per heavy atom. The number of nitrogens with one attached hydrogen (secondary N) is 1. The first-order valence-electron chi connectivity index (χ1n) is 9.84. The summed E-state index contributed by atoms with van der Waals surface area (Å²) in [4.78, 5) is 9.36. The smallest absolute Gasteiger partial charge is 0.175 e. The number of halogens is 1. The Morgan fingerprint density at radius 1 is 1.09 bits per heavy atom. The van der Waals surface area contributed by atoms with Crippen LogP contribution in [0.25, 0.3) is 11.1 Å². The van der Waals surface area contributed by atoms with Crippen LogP contribution < -0.4 is 0 Å². The highest BCUT2D eigenvalue weighted by Crippen LogP contribution is 2.27. The van der Waals surface area contributed by atoms with Gasteiger partial charge in [-0.05, 0) is 49.7 Å². The molecule has 1 aromatic heterocycles. The molecule has 166 valence electrons. The van der Waals surface area contributed by atoms with E-state index in [1.54, 1.807) is 62.5 Å².